The molecule has 1 aliphatic carbocycles. The largest absolute Gasteiger partial charge is 0.462 e. The van der Waals surface area contributed by atoms with Gasteiger partial charge in [0.2, 0.25) is 5.91 Å². The summed E-state index contributed by atoms with van der Waals surface area (Å²) in [5.74, 6) is -0.320. The molecule has 1 aromatic heterocycles. The van der Waals surface area contributed by atoms with Crippen LogP contribution < -0.4 is 5.32 Å². The fourth-order valence-electron chi connectivity index (χ4n) is 3.74. The number of rotatable bonds is 5. The molecule has 3 rings (SSSR count). The Morgan fingerprint density at radius 3 is 2.56 bits per heavy atom. The minimum atomic E-state index is -0.296. The fraction of sp³-hybridized carbons (Fsp3) is 0.684. The molecule has 1 amide bonds. The van der Waals surface area contributed by atoms with Gasteiger partial charge in [0.15, 0.2) is 0 Å². The number of likely N-dealkylation sites (tertiary alicyclic amines) is 1. The van der Waals surface area contributed by atoms with Crippen molar-refractivity contribution in [2.75, 3.05) is 31.6 Å². The number of nitrogens with zero attached hydrogens (tertiary/aromatic N) is 1. The van der Waals surface area contributed by atoms with Crippen LogP contribution in [0.5, 0.6) is 0 Å². The van der Waals surface area contributed by atoms with Gasteiger partial charge in [0.25, 0.3) is 0 Å². The van der Waals surface area contributed by atoms with Crippen LogP contribution >= 0.6 is 11.3 Å². The van der Waals surface area contributed by atoms with Gasteiger partial charge in [0.1, 0.15) is 5.00 Å². The molecular weight excluding hydrogens is 336 g/mol. The molecular formula is C19H28N2O3S. The Hall–Kier alpha value is -1.40. The number of esters is 1. The van der Waals surface area contributed by atoms with E-state index >= 15 is 0 Å². The maximum absolute atomic E-state index is 12.5. The van der Waals surface area contributed by atoms with E-state index in [-0.39, 0.29) is 11.9 Å². The summed E-state index contributed by atoms with van der Waals surface area (Å²) in [6.07, 6.45) is 8.91. The molecule has 1 N–H and O–H groups in total. The highest BCUT2D eigenvalue weighted by Crippen LogP contribution is 2.38. The first-order valence-electron chi connectivity index (χ1n) is 9.53. The van der Waals surface area contributed by atoms with Crippen LogP contribution in [-0.4, -0.2) is 43.0 Å². The maximum atomic E-state index is 12.5. The van der Waals surface area contributed by atoms with Crippen LogP contribution in [0.2, 0.25) is 0 Å². The Labute approximate surface area is 153 Å². The number of thiophene rings is 1. The molecule has 1 saturated heterocycles. The first-order chi connectivity index (χ1) is 12.2. The van der Waals surface area contributed by atoms with E-state index < -0.39 is 0 Å². The quantitative estimate of drug-likeness (QED) is 0.640. The molecule has 5 nitrogen and oxygen atoms in total. The van der Waals surface area contributed by atoms with Gasteiger partial charge in [0, 0.05) is 4.88 Å². The zero-order chi connectivity index (χ0) is 17.6. The van der Waals surface area contributed by atoms with Crippen molar-refractivity contribution < 1.29 is 14.3 Å². The summed E-state index contributed by atoms with van der Waals surface area (Å²) in [7, 11) is 0. The van der Waals surface area contributed by atoms with Crippen molar-refractivity contribution >= 4 is 28.2 Å². The van der Waals surface area contributed by atoms with Gasteiger partial charge in [-0.05, 0) is 64.1 Å². The van der Waals surface area contributed by atoms with Crippen molar-refractivity contribution in [3.05, 3.63) is 16.0 Å². The van der Waals surface area contributed by atoms with E-state index in [1.807, 2.05) is 6.92 Å². The molecule has 0 saturated carbocycles. The molecule has 1 aliphatic heterocycles. The van der Waals surface area contributed by atoms with Crippen molar-refractivity contribution in [3.8, 4) is 0 Å². The average molecular weight is 365 g/mol. The van der Waals surface area contributed by atoms with Crippen molar-refractivity contribution in [2.24, 2.45) is 0 Å². The minimum absolute atomic E-state index is 0.0242. The highest BCUT2D eigenvalue weighted by atomic mass is 32.1. The maximum Gasteiger partial charge on any atom is 0.341 e. The molecule has 138 valence electrons. The molecule has 0 unspecified atom stereocenters. The van der Waals surface area contributed by atoms with Crippen molar-refractivity contribution in [1.29, 1.82) is 0 Å². The number of hydrogen-bond acceptors (Lipinski definition) is 5. The fourth-order valence-corrected chi connectivity index (χ4v) is 5.03. The first-order valence-corrected chi connectivity index (χ1v) is 10.3. The van der Waals surface area contributed by atoms with E-state index in [1.54, 1.807) is 11.3 Å². The van der Waals surface area contributed by atoms with Crippen LogP contribution in [0, 0.1) is 0 Å². The molecule has 2 aliphatic rings. The second kappa shape index (κ2) is 8.81. The van der Waals surface area contributed by atoms with Gasteiger partial charge in [-0.2, -0.15) is 0 Å². The number of carbonyl (C=O) groups is 2. The predicted molar refractivity (Wildman–Crippen MR) is 100 cm³/mol. The normalized spacial score (nSPS) is 18.3. The number of carbonyl (C=O) groups excluding carboxylic acids is 2. The second-order valence-corrected chi connectivity index (χ2v) is 7.98. The third-order valence-electron chi connectivity index (χ3n) is 4.97. The van der Waals surface area contributed by atoms with E-state index in [1.165, 1.54) is 17.7 Å². The van der Waals surface area contributed by atoms with E-state index in [0.717, 1.165) is 57.2 Å². The Morgan fingerprint density at radius 1 is 1.08 bits per heavy atom. The summed E-state index contributed by atoms with van der Waals surface area (Å²) in [5.41, 5.74) is 1.71. The molecule has 1 aromatic rings. The van der Waals surface area contributed by atoms with Gasteiger partial charge in [0.05, 0.1) is 18.7 Å². The summed E-state index contributed by atoms with van der Waals surface area (Å²) >= 11 is 1.57. The van der Waals surface area contributed by atoms with Gasteiger partial charge < -0.3 is 10.1 Å². The van der Waals surface area contributed by atoms with Crippen molar-refractivity contribution in [3.63, 3.8) is 0 Å². The standard InChI is InChI=1S/C19H28N2O3S/c1-2-24-19(23)17-14-9-5-3-6-10-15(14)25-18(17)20-16(22)13-21-11-7-4-8-12-21/h2-13H2,1H3,(H,20,22). The zero-order valence-electron chi connectivity index (χ0n) is 15.1. The van der Waals surface area contributed by atoms with E-state index in [4.69, 9.17) is 4.74 Å². The van der Waals surface area contributed by atoms with Crippen molar-refractivity contribution in [2.45, 2.75) is 58.3 Å². The molecule has 0 radical (unpaired) electrons. The third kappa shape index (κ3) is 4.61. The van der Waals surface area contributed by atoms with E-state index in [0.29, 0.717) is 23.7 Å². The third-order valence-corrected chi connectivity index (χ3v) is 6.18. The minimum Gasteiger partial charge on any atom is -0.462 e. The van der Waals surface area contributed by atoms with Crippen molar-refractivity contribution in [1.82, 2.24) is 4.90 Å². The van der Waals surface area contributed by atoms with Crippen LogP contribution in [0.1, 0.15) is 66.2 Å². The van der Waals surface area contributed by atoms with Crippen LogP contribution in [0.4, 0.5) is 5.00 Å². The van der Waals surface area contributed by atoms with Crippen LogP contribution in [-0.2, 0) is 22.4 Å². The number of hydrogen-bond donors (Lipinski definition) is 1. The highest BCUT2D eigenvalue weighted by molar-refractivity contribution is 7.17. The molecule has 0 atom stereocenters. The van der Waals surface area contributed by atoms with Crippen LogP contribution in [0.25, 0.3) is 0 Å². The Kier molecular flexibility index (Phi) is 6.48. The number of piperidine rings is 1. The number of ether oxygens (including phenoxy) is 1. The Balaban J connectivity index is 1.77. The number of aryl methyl sites for hydroxylation is 1. The zero-order valence-corrected chi connectivity index (χ0v) is 15.9. The predicted octanol–water partition coefficient (Wildman–Crippen LogP) is 3.62. The topological polar surface area (TPSA) is 58.6 Å². The summed E-state index contributed by atoms with van der Waals surface area (Å²) < 4.78 is 5.27. The Morgan fingerprint density at radius 2 is 1.80 bits per heavy atom. The molecule has 2 heterocycles. The average Bonchev–Trinajstić information content (AvgIpc) is 2.77. The summed E-state index contributed by atoms with van der Waals surface area (Å²) in [5, 5.41) is 3.70. The smallest absolute Gasteiger partial charge is 0.341 e. The summed E-state index contributed by atoms with van der Waals surface area (Å²) in [4.78, 5) is 28.4. The highest BCUT2D eigenvalue weighted by Gasteiger charge is 2.27. The van der Waals surface area contributed by atoms with E-state index in [9.17, 15) is 9.59 Å². The van der Waals surface area contributed by atoms with Gasteiger partial charge in [-0.25, -0.2) is 4.79 Å². The van der Waals surface area contributed by atoms with Gasteiger partial charge in [-0.3, -0.25) is 9.69 Å². The first kappa shape index (κ1) is 18.4. The lowest BCUT2D eigenvalue weighted by Crippen LogP contribution is -2.36. The lowest BCUT2D eigenvalue weighted by Gasteiger charge is -2.25. The van der Waals surface area contributed by atoms with Gasteiger partial charge >= 0.3 is 5.97 Å². The second-order valence-electron chi connectivity index (χ2n) is 6.87. The lowest BCUT2D eigenvalue weighted by atomic mass is 10.1. The van der Waals surface area contributed by atoms with Gasteiger partial charge in [-0.15, -0.1) is 11.3 Å². The molecule has 0 aromatic carbocycles. The SMILES string of the molecule is CCOC(=O)c1c(NC(=O)CN2CCCCC2)sc2c1CCCCC2. The molecule has 25 heavy (non-hydrogen) atoms. The number of fused-ring (bicyclic) bond motifs is 1. The lowest BCUT2D eigenvalue weighted by molar-refractivity contribution is -0.117. The number of amides is 1. The molecule has 0 spiro atoms. The number of anilines is 1. The van der Waals surface area contributed by atoms with Crippen LogP contribution in [0.3, 0.4) is 0 Å². The Bertz CT molecular complexity index is 620. The number of nitrogens with one attached hydrogen (secondary N) is 1. The van der Waals surface area contributed by atoms with Gasteiger partial charge in [-0.1, -0.05) is 12.8 Å². The van der Waals surface area contributed by atoms with Crippen LogP contribution in [0.15, 0.2) is 0 Å². The molecule has 0 bridgehead atoms. The molecule has 1 fully saturated rings. The monoisotopic (exact) mass is 364 g/mol. The summed E-state index contributed by atoms with van der Waals surface area (Å²) in [6, 6.07) is 0. The van der Waals surface area contributed by atoms with E-state index in [2.05, 4.69) is 10.2 Å². The summed E-state index contributed by atoms with van der Waals surface area (Å²) in [6.45, 7) is 4.55. The molecule has 6 heteroatoms.